The predicted molar refractivity (Wildman–Crippen MR) is 126 cm³/mol. The number of alkyl halides is 6. The predicted octanol–water partition coefficient (Wildman–Crippen LogP) is 6.18. The van der Waals surface area contributed by atoms with Gasteiger partial charge in [-0.05, 0) is 78.8 Å². The van der Waals surface area contributed by atoms with Crippen LogP contribution < -0.4 is 5.32 Å². The fourth-order valence-corrected chi connectivity index (χ4v) is 4.67. The molecule has 1 N–H and O–H groups in total. The minimum Gasteiger partial charge on any atom is -0.348 e. The molecule has 12 heteroatoms. The molecule has 0 fully saturated rings. The SMILES string of the molecule is Cc1cc(Br)cc2c1CCN(C(=O)C(F)(F)F)C2.Cc1cc(Br)ccc1CCNC(=O)C(F)(F)F. The van der Waals surface area contributed by atoms with E-state index in [1.165, 1.54) is 0 Å². The molecule has 0 saturated carbocycles. The average molecular weight is 632 g/mol. The van der Waals surface area contributed by atoms with Crippen LogP contribution in [0.4, 0.5) is 26.3 Å². The van der Waals surface area contributed by atoms with Crippen LogP contribution in [0.5, 0.6) is 0 Å². The second kappa shape index (κ2) is 11.8. The van der Waals surface area contributed by atoms with Gasteiger partial charge >= 0.3 is 24.2 Å². The zero-order valence-corrected chi connectivity index (χ0v) is 21.9. The van der Waals surface area contributed by atoms with Crippen LogP contribution in [0.25, 0.3) is 0 Å². The number of benzene rings is 2. The molecule has 0 bridgehead atoms. The van der Waals surface area contributed by atoms with E-state index in [0.717, 1.165) is 41.7 Å². The molecule has 2 amide bonds. The molecule has 3 rings (SSSR count). The van der Waals surface area contributed by atoms with Gasteiger partial charge in [0.2, 0.25) is 0 Å². The van der Waals surface area contributed by atoms with Gasteiger partial charge in [-0.1, -0.05) is 37.9 Å². The number of carbonyl (C=O) groups excluding carboxylic acids is 2. The highest BCUT2D eigenvalue weighted by Gasteiger charge is 2.43. The summed E-state index contributed by atoms with van der Waals surface area (Å²) < 4.78 is 74.5. The first-order chi connectivity index (χ1) is 16.1. The van der Waals surface area contributed by atoms with Crippen LogP contribution in [0.2, 0.25) is 0 Å². The standard InChI is InChI=1S/C12H11BrF3NO.C11H11BrF3NO/c1-7-4-9(13)5-8-6-17(3-2-10(7)8)11(18)12(14,15)16;1-7-6-9(12)3-2-8(7)4-5-16-10(17)11(13,14)15/h4-5H,2-3,6H2,1H3;2-3,6H,4-5H2,1H3,(H,16,17). The maximum absolute atomic E-state index is 12.4. The van der Waals surface area contributed by atoms with Gasteiger partial charge in [-0.3, -0.25) is 9.59 Å². The molecule has 1 heterocycles. The van der Waals surface area contributed by atoms with Gasteiger partial charge in [-0.15, -0.1) is 0 Å². The number of fused-ring (bicyclic) bond motifs is 1. The Morgan fingerprint density at radius 1 is 0.943 bits per heavy atom. The van der Waals surface area contributed by atoms with Crippen LogP contribution in [0.15, 0.2) is 39.3 Å². The summed E-state index contributed by atoms with van der Waals surface area (Å²) >= 11 is 6.61. The normalized spacial score (nSPS) is 13.5. The van der Waals surface area contributed by atoms with Crippen LogP contribution in [0, 0.1) is 13.8 Å². The molecule has 4 nitrogen and oxygen atoms in total. The fourth-order valence-electron chi connectivity index (χ4n) is 3.58. The average Bonchev–Trinajstić information content (AvgIpc) is 2.73. The maximum atomic E-state index is 12.4. The van der Waals surface area contributed by atoms with E-state index in [9.17, 15) is 35.9 Å². The molecule has 1 aliphatic rings. The molecular formula is C23H22Br2F6N2O2. The molecule has 35 heavy (non-hydrogen) atoms. The molecule has 192 valence electrons. The topological polar surface area (TPSA) is 49.4 Å². The zero-order chi connectivity index (χ0) is 26.6. The lowest BCUT2D eigenvalue weighted by atomic mass is 9.95. The van der Waals surface area contributed by atoms with E-state index >= 15 is 0 Å². The van der Waals surface area contributed by atoms with Gasteiger partial charge in [0.1, 0.15) is 0 Å². The number of rotatable bonds is 3. The van der Waals surface area contributed by atoms with Crippen molar-refractivity contribution in [1.82, 2.24) is 10.2 Å². The summed E-state index contributed by atoms with van der Waals surface area (Å²) in [5.74, 6) is -3.65. The second-order valence-corrected chi connectivity index (χ2v) is 9.74. The lowest BCUT2D eigenvalue weighted by molar-refractivity contribution is -0.186. The van der Waals surface area contributed by atoms with E-state index in [1.807, 2.05) is 43.4 Å². The highest BCUT2D eigenvalue weighted by molar-refractivity contribution is 9.10. The minimum atomic E-state index is -4.81. The first-order valence-corrected chi connectivity index (χ1v) is 11.9. The molecule has 0 saturated heterocycles. The third-order valence-electron chi connectivity index (χ3n) is 5.29. The smallest absolute Gasteiger partial charge is 0.348 e. The zero-order valence-electron chi connectivity index (χ0n) is 18.7. The Labute approximate surface area is 215 Å². The summed E-state index contributed by atoms with van der Waals surface area (Å²) in [6, 6.07) is 9.21. The Bertz CT molecular complexity index is 1090. The number of carbonyl (C=O) groups is 2. The molecule has 0 unspecified atom stereocenters. The first-order valence-electron chi connectivity index (χ1n) is 10.3. The van der Waals surface area contributed by atoms with E-state index in [0.29, 0.717) is 12.8 Å². The number of hydrogen-bond donors (Lipinski definition) is 1. The number of nitrogens with one attached hydrogen (secondary N) is 1. The van der Waals surface area contributed by atoms with E-state index in [4.69, 9.17) is 0 Å². The fraction of sp³-hybridized carbons (Fsp3) is 0.391. The lowest BCUT2D eigenvalue weighted by Crippen LogP contribution is -2.43. The van der Waals surface area contributed by atoms with Crippen molar-refractivity contribution in [3.63, 3.8) is 0 Å². The largest absolute Gasteiger partial charge is 0.471 e. The molecule has 0 aliphatic carbocycles. The molecule has 0 spiro atoms. The number of amides is 2. The second-order valence-electron chi connectivity index (χ2n) is 7.91. The van der Waals surface area contributed by atoms with E-state index < -0.39 is 24.2 Å². The molecule has 0 atom stereocenters. The molecule has 0 radical (unpaired) electrons. The van der Waals surface area contributed by atoms with Crippen LogP contribution in [0.3, 0.4) is 0 Å². The van der Waals surface area contributed by atoms with Crippen LogP contribution in [0.1, 0.15) is 27.8 Å². The van der Waals surface area contributed by atoms with Crippen molar-refractivity contribution in [2.75, 3.05) is 13.1 Å². The van der Waals surface area contributed by atoms with Crippen molar-refractivity contribution in [3.8, 4) is 0 Å². The van der Waals surface area contributed by atoms with Gasteiger partial charge in [-0.2, -0.15) is 26.3 Å². The van der Waals surface area contributed by atoms with Crippen molar-refractivity contribution >= 4 is 43.7 Å². The third kappa shape index (κ3) is 8.52. The summed E-state index contributed by atoms with van der Waals surface area (Å²) in [5, 5.41) is 1.84. The number of hydrogen-bond acceptors (Lipinski definition) is 2. The Morgan fingerprint density at radius 2 is 1.57 bits per heavy atom. The van der Waals surface area contributed by atoms with Crippen LogP contribution >= 0.6 is 31.9 Å². The summed E-state index contributed by atoms with van der Waals surface area (Å²) in [7, 11) is 0. The molecule has 2 aromatic rings. The quantitative estimate of drug-likeness (QED) is 0.411. The van der Waals surface area contributed by atoms with E-state index in [1.54, 1.807) is 6.07 Å². The van der Waals surface area contributed by atoms with E-state index in [2.05, 4.69) is 31.9 Å². The van der Waals surface area contributed by atoms with E-state index in [-0.39, 0.29) is 19.6 Å². The lowest BCUT2D eigenvalue weighted by Gasteiger charge is -2.30. The van der Waals surface area contributed by atoms with Crippen molar-refractivity contribution in [2.45, 2.75) is 45.6 Å². The van der Waals surface area contributed by atoms with Gasteiger partial charge in [0.25, 0.3) is 0 Å². The monoisotopic (exact) mass is 630 g/mol. The van der Waals surface area contributed by atoms with Crippen molar-refractivity contribution in [3.05, 3.63) is 67.1 Å². The molecule has 1 aliphatic heterocycles. The Morgan fingerprint density at radius 3 is 2.14 bits per heavy atom. The summed E-state index contributed by atoms with van der Waals surface area (Å²) in [4.78, 5) is 22.6. The summed E-state index contributed by atoms with van der Waals surface area (Å²) in [6.07, 6.45) is -8.76. The van der Waals surface area contributed by atoms with Gasteiger partial charge in [0, 0.05) is 28.6 Å². The van der Waals surface area contributed by atoms with Crippen molar-refractivity contribution in [1.29, 1.82) is 0 Å². The van der Waals surface area contributed by atoms with Crippen LogP contribution in [-0.4, -0.2) is 42.2 Å². The Balaban J connectivity index is 0.000000247. The maximum Gasteiger partial charge on any atom is 0.471 e. The van der Waals surface area contributed by atoms with Gasteiger partial charge in [-0.25, -0.2) is 0 Å². The highest BCUT2D eigenvalue weighted by atomic mass is 79.9. The molecular weight excluding hydrogens is 610 g/mol. The van der Waals surface area contributed by atoms with Gasteiger partial charge in [0.15, 0.2) is 0 Å². The first kappa shape index (κ1) is 29.2. The number of aryl methyl sites for hydroxylation is 2. The highest BCUT2D eigenvalue weighted by Crippen LogP contribution is 2.29. The molecule has 0 aromatic heterocycles. The van der Waals surface area contributed by atoms with Crippen molar-refractivity contribution in [2.24, 2.45) is 0 Å². The summed E-state index contributed by atoms with van der Waals surface area (Å²) in [6.45, 7) is 3.90. The number of nitrogens with zero attached hydrogens (tertiary/aromatic N) is 1. The number of halogens is 8. The molecule has 2 aromatic carbocycles. The van der Waals surface area contributed by atoms with Crippen LogP contribution in [-0.2, 0) is 29.0 Å². The Hall–Kier alpha value is -2.08. The Kier molecular flexibility index (Phi) is 9.80. The van der Waals surface area contributed by atoms with Gasteiger partial charge < -0.3 is 10.2 Å². The van der Waals surface area contributed by atoms with Crippen molar-refractivity contribution < 1.29 is 35.9 Å². The minimum absolute atomic E-state index is 0.0218. The summed E-state index contributed by atoms with van der Waals surface area (Å²) in [5.41, 5.74) is 4.75. The van der Waals surface area contributed by atoms with Gasteiger partial charge in [0.05, 0.1) is 0 Å². The third-order valence-corrected chi connectivity index (χ3v) is 6.25.